The molecule has 0 spiro atoms. The average Bonchev–Trinajstić information content (AvgIpc) is 2.89. The summed E-state index contributed by atoms with van der Waals surface area (Å²) in [6.45, 7) is 0. The molecular formula is C32H23N. The van der Waals surface area contributed by atoms with Crippen molar-refractivity contribution in [1.29, 1.82) is 0 Å². The zero-order chi connectivity index (χ0) is 22.0. The summed E-state index contributed by atoms with van der Waals surface area (Å²) in [5, 5.41) is 8.56. The van der Waals surface area contributed by atoms with Gasteiger partial charge in [-0.15, -0.1) is 0 Å². The van der Waals surface area contributed by atoms with Crippen LogP contribution in [0.15, 0.2) is 133 Å². The highest BCUT2D eigenvalue weighted by molar-refractivity contribution is 5.91. The Labute approximate surface area is 194 Å². The molecule has 0 radical (unpaired) electrons. The Kier molecular flexibility index (Phi) is 4.86. The molecule has 0 aliphatic heterocycles. The molecule has 0 amide bonds. The number of hydrogen-bond donors (Lipinski definition) is 1. The van der Waals surface area contributed by atoms with Gasteiger partial charge < -0.3 is 5.32 Å². The van der Waals surface area contributed by atoms with Crippen LogP contribution in [0, 0.1) is 0 Å². The Bertz CT molecular complexity index is 1560. The van der Waals surface area contributed by atoms with E-state index in [1.54, 1.807) is 0 Å². The van der Waals surface area contributed by atoms with Gasteiger partial charge in [0, 0.05) is 11.4 Å². The predicted molar refractivity (Wildman–Crippen MR) is 142 cm³/mol. The van der Waals surface area contributed by atoms with Crippen molar-refractivity contribution in [1.82, 2.24) is 0 Å². The molecule has 0 aliphatic carbocycles. The van der Waals surface area contributed by atoms with E-state index in [4.69, 9.17) is 0 Å². The van der Waals surface area contributed by atoms with E-state index in [-0.39, 0.29) is 0 Å². The van der Waals surface area contributed by atoms with Gasteiger partial charge in [-0.3, -0.25) is 0 Å². The minimum Gasteiger partial charge on any atom is -0.356 e. The van der Waals surface area contributed by atoms with Crippen LogP contribution < -0.4 is 5.32 Å². The van der Waals surface area contributed by atoms with E-state index in [0.29, 0.717) is 0 Å². The lowest BCUT2D eigenvalue weighted by Crippen LogP contribution is -1.90. The molecule has 1 N–H and O–H groups in total. The molecule has 0 fully saturated rings. The van der Waals surface area contributed by atoms with E-state index < -0.39 is 0 Å². The SMILES string of the molecule is c1ccc(-c2ccc3cc(Nc4ccc(-c5ccc6ccccc6c5)cc4)ccc3c2)cc1. The Hall–Kier alpha value is -4.36. The summed E-state index contributed by atoms with van der Waals surface area (Å²) >= 11 is 0. The van der Waals surface area contributed by atoms with Crippen LogP contribution in [0.3, 0.4) is 0 Å². The molecular weight excluding hydrogens is 398 g/mol. The van der Waals surface area contributed by atoms with Crippen molar-refractivity contribution >= 4 is 32.9 Å². The van der Waals surface area contributed by atoms with E-state index in [2.05, 4.69) is 139 Å². The van der Waals surface area contributed by atoms with E-state index in [0.717, 1.165) is 11.4 Å². The first kappa shape index (κ1) is 19.3. The second-order valence-corrected chi connectivity index (χ2v) is 8.41. The highest BCUT2D eigenvalue weighted by Crippen LogP contribution is 2.29. The lowest BCUT2D eigenvalue weighted by atomic mass is 10.0. The van der Waals surface area contributed by atoms with Gasteiger partial charge in [0.1, 0.15) is 0 Å². The van der Waals surface area contributed by atoms with Crippen LogP contribution in [0.25, 0.3) is 43.8 Å². The quantitative estimate of drug-likeness (QED) is 0.299. The number of fused-ring (bicyclic) bond motifs is 2. The second kappa shape index (κ2) is 8.29. The summed E-state index contributed by atoms with van der Waals surface area (Å²) in [5.41, 5.74) is 7.12. The summed E-state index contributed by atoms with van der Waals surface area (Å²) in [6.07, 6.45) is 0. The summed E-state index contributed by atoms with van der Waals surface area (Å²) < 4.78 is 0. The topological polar surface area (TPSA) is 12.0 Å². The zero-order valence-electron chi connectivity index (χ0n) is 18.2. The molecule has 6 rings (SSSR count). The van der Waals surface area contributed by atoms with Gasteiger partial charge in [0.25, 0.3) is 0 Å². The van der Waals surface area contributed by atoms with Crippen LogP contribution in [0.5, 0.6) is 0 Å². The highest BCUT2D eigenvalue weighted by atomic mass is 14.9. The van der Waals surface area contributed by atoms with Crippen molar-refractivity contribution in [2.45, 2.75) is 0 Å². The zero-order valence-corrected chi connectivity index (χ0v) is 18.2. The normalized spacial score (nSPS) is 11.0. The fourth-order valence-corrected chi connectivity index (χ4v) is 4.42. The molecule has 33 heavy (non-hydrogen) atoms. The second-order valence-electron chi connectivity index (χ2n) is 8.41. The molecule has 0 unspecified atom stereocenters. The Morgan fingerprint density at radius 2 is 0.788 bits per heavy atom. The van der Waals surface area contributed by atoms with Crippen LogP contribution >= 0.6 is 0 Å². The number of rotatable bonds is 4. The molecule has 0 aromatic heterocycles. The molecule has 0 bridgehead atoms. The third kappa shape index (κ3) is 3.97. The maximum absolute atomic E-state index is 3.55. The Morgan fingerprint density at radius 1 is 0.303 bits per heavy atom. The van der Waals surface area contributed by atoms with Gasteiger partial charge in [-0.05, 0) is 80.2 Å². The molecule has 6 aromatic carbocycles. The summed E-state index contributed by atoms with van der Waals surface area (Å²) in [7, 11) is 0. The fraction of sp³-hybridized carbons (Fsp3) is 0. The van der Waals surface area contributed by atoms with Crippen molar-refractivity contribution in [3.05, 3.63) is 133 Å². The third-order valence-corrected chi connectivity index (χ3v) is 6.20. The number of benzene rings is 6. The van der Waals surface area contributed by atoms with Gasteiger partial charge in [0.15, 0.2) is 0 Å². The molecule has 0 atom stereocenters. The van der Waals surface area contributed by atoms with Gasteiger partial charge in [0.2, 0.25) is 0 Å². The summed E-state index contributed by atoms with van der Waals surface area (Å²) in [5.74, 6) is 0. The first-order valence-corrected chi connectivity index (χ1v) is 11.3. The molecule has 0 saturated heterocycles. The largest absolute Gasteiger partial charge is 0.356 e. The van der Waals surface area contributed by atoms with Gasteiger partial charge in [-0.1, -0.05) is 97.1 Å². The lowest BCUT2D eigenvalue weighted by molar-refractivity contribution is 1.56. The van der Waals surface area contributed by atoms with Crippen molar-refractivity contribution in [2.75, 3.05) is 5.32 Å². The average molecular weight is 422 g/mol. The number of nitrogens with one attached hydrogen (secondary N) is 1. The van der Waals surface area contributed by atoms with E-state index in [1.165, 1.54) is 43.8 Å². The molecule has 1 heteroatoms. The molecule has 6 aromatic rings. The molecule has 1 nitrogen and oxygen atoms in total. The standard InChI is InChI=1S/C32H23N/c1-2-6-23(7-3-1)27-12-13-30-22-32(19-16-29(30)21-27)33-31-17-14-25(15-18-31)28-11-10-24-8-4-5-9-26(24)20-28/h1-22,33H. The van der Waals surface area contributed by atoms with Crippen molar-refractivity contribution in [2.24, 2.45) is 0 Å². The first-order valence-electron chi connectivity index (χ1n) is 11.3. The van der Waals surface area contributed by atoms with Crippen LogP contribution in [-0.4, -0.2) is 0 Å². The number of hydrogen-bond acceptors (Lipinski definition) is 1. The fourth-order valence-electron chi connectivity index (χ4n) is 4.42. The molecule has 0 saturated carbocycles. The minimum absolute atomic E-state index is 1.08. The van der Waals surface area contributed by atoms with Gasteiger partial charge in [-0.2, -0.15) is 0 Å². The third-order valence-electron chi connectivity index (χ3n) is 6.20. The van der Waals surface area contributed by atoms with Crippen LogP contribution in [0.2, 0.25) is 0 Å². The van der Waals surface area contributed by atoms with E-state index >= 15 is 0 Å². The summed E-state index contributed by atoms with van der Waals surface area (Å²) in [4.78, 5) is 0. The maximum Gasteiger partial charge on any atom is 0.0390 e. The molecule has 156 valence electrons. The van der Waals surface area contributed by atoms with E-state index in [1.807, 2.05) is 0 Å². The maximum atomic E-state index is 3.55. The van der Waals surface area contributed by atoms with Crippen molar-refractivity contribution in [3.8, 4) is 22.3 Å². The summed E-state index contributed by atoms with van der Waals surface area (Å²) in [6, 6.07) is 47.5. The van der Waals surface area contributed by atoms with Crippen molar-refractivity contribution < 1.29 is 0 Å². The smallest absolute Gasteiger partial charge is 0.0390 e. The lowest BCUT2D eigenvalue weighted by Gasteiger charge is -2.10. The minimum atomic E-state index is 1.08. The van der Waals surface area contributed by atoms with Crippen LogP contribution in [0.1, 0.15) is 0 Å². The first-order chi connectivity index (χ1) is 16.3. The molecule has 0 heterocycles. The molecule has 0 aliphatic rings. The predicted octanol–water partition coefficient (Wildman–Crippen LogP) is 9.07. The van der Waals surface area contributed by atoms with E-state index in [9.17, 15) is 0 Å². The van der Waals surface area contributed by atoms with Gasteiger partial charge in [0.05, 0.1) is 0 Å². The monoisotopic (exact) mass is 421 g/mol. The van der Waals surface area contributed by atoms with Crippen LogP contribution in [-0.2, 0) is 0 Å². The Morgan fingerprint density at radius 3 is 1.55 bits per heavy atom. The van der Waals surface area contributed by atoms with Gasteiger partial charge >= 0.3 is 0 Å². The Balaban J connectivity index is 1.23. The van der Waals surface area contributed by atoms with Crippen molar-refractivity contribution in [3.63, 3.8) is 0 Å². The van der Waals surface area contributed by atoms with Gasteiger partial charge in [-0.25, -0.2) is 0 Å². The highest BCUT2D eigenvalue weighted by Gasteiger charge is 2.03. The number of anilines is 2. The van der Waals surface area contributed by atoms with Crippen LogP contribution in [0.4, 0.5) is 11.4 Å².